The minimum Gasteiger partial charge on any atom is -0.374 e. The first-order valence-corrected chi connectivity index (χ1v) is 8.70. The molecule has 0 aromatic rings. The van der Waals surface area contributed by atoms with Gasteiger partial charge in [-0.1, -0.05) is 27.7 Å². The van der Waals surface area contributed by atoms with Gasteiger partial charge in [0.1, 0.15) is 0 Å². The smallest absolute Gasteiger partial charge is 0.0826 e. The van der Waals surface area contributed by atoms with E-state index in [9.17, 15) is 0 Å². The van der Waals surface area contributed by atoms with Crippen LogP contribution in [0.4, 0.5) is 0 Å². The van der Waals surface area contributed by atoms with Crippen molar-refractivity contribution in [2.24, 2.45) is 11.8 Å². The molecule has 4 nitrogen and oxygen atoms in total. The van der Waals surface area contributed by atoms with E-state index in [1.54, 1.807) is 0 Å². The standard InChI is InChI=1S/C17H37N3O/c1-15(2)11-18-12-17-14-20(9-10-21-17)8-6-7-19(5)13-16(3)4/h15-18H,6-14H2,1-5H3/t17-/m1/s1. The number of ether oxygens (including phenoxy) is 1. The monoisotopic (exact) mass is 299 g/mol. The van der Waals surface area contributed by atoms with Crippen LogP contribution in [0, 0.1) is 11.8 Å². The molecule has 1 heterocycles. The Balaban J connectivity index is 2.12. The third-order valence-corrected chi connectivity index (χ3v) is 3.84. The summed E-state index contributed by atoms with van der Waals surface area (Å²) in [6.07, 6.45) is 1.63. The van der Waals surface area contributed by atoms with Crippen molar-refractivity contribution in [3.63, 3.8) is 0 Å². The van der Waals surface area contributed by atoms with E-state index in [0.29, 0.717) is 12.0 Å². The van der Waals surface area contributed by atoms with E-state index in [4.69, 9.17) is 4.74 Å². The maximum Gasteiger partial charge on any atom is 0.0826 e. The van der Waals surface area contributed by atoms with Crippen molar-refractivity contribution in [2.45, 2.75) is 40.2 Å². The number of hydrogen-bond donors (Lipinski definition) is 1. The minimum absolute atomic E-state index is 0.367. The van der Waals surface area contributed by atoms with Gasteiger partial charge in [0.25, 0.3) is 0 Å². The van der Waals surface area contributed by atoms with Crippen molar-refractivity contribution in [3.05, 3.63) is 0 Å². The molecule has 4 heteroatoms. The zero-order valence-electron chi connectivity index (χ0n) is 14.9. The van der Waals surface area contributed by atoms with E-state index < -0.39 is 0 Å². The molecule has 1 rings (SSSR count). The summed E-state index contributed by atoms with van der Waals surface area (Å²) in [4.78, 5) is 5.02. The van der Waals surface area contributed by atoms with Gasteiger partial charge in [-0.2, -0.15) is 0 Å². The van der Waals surface area contributed by atoms with E-state index >= 15 is 0 Å². The molecule has 0 amide bonds. The van der Waals surface area contributed by atoms with Crippen LogP contribution in [-0.4, -0.2) is 75.4 Å². The van der Waals surface area contributed by atoms with E-state index in [1.807, 2.05) is 0 Å². The Hall–Kier alpha value is -0.160. The molecular formula is C17H37N3O. The van der Waals surface area contributed by atoms with Crippen molar-refractivity contribution in [3.8, 4) is 0 Å². The van der Waals surface area contributed by atoms with Crippen LogP contribution in [0.3, 0.4) is 0 Å². The number of rotatable bonds is 10. The molecule has 0 spiro atoms. The molecule has 1 atom stereocenters. The average molecular weight is 300 g/mol. The highest BCUT2D eigenvalue weighted by Crippen LogP contribution is 2.06. The molecule has 1 aliphatic heterocycles. The van der Waals surface area contributed by atoms with E-state index in [1.165, 1.54) is 26.1 Å². The normalized spacial score (nSPS) is 20.9. The van der Waals surface area contributed by atoms with E-state index in [0.717, 1.165) is 38.7 Å². The molecule has 126 valence electrons. The molecule has 1 aliphatic rings. The lowest BCUT2D eigenvalue weighted by Crippen LogP contribution is -2.47. The van der Waals surface area contributed by atoms with Gasteiger partial charge in [0.15, 0.2) is 0 Å². The third kappa shape index (κ3) is 9.46. The fourth-order valence-corrected chi connectivity index (χ4v) is 2.92. The number of nitrogens with one attached hydrogen (secondary N) is 1. The average Bonchev–Trinajstić information content (AvgIpc) is 2.38. The minimum atomic E-state index is 0.367. The lowest BCUT2D eigenvalue weighted by Gasteiger charge is -2.33. The highest BCUT2D eigenvalue weighted by molar-refractivity contribution is 4.74. The van der Waals surface area contributed by atoms with Crippen molar-refractivity contribution in [1.29, 1.82) is 0 Å². The molecular weight excluding hydrogens is 262 g/mol. The van der Waals surface area contributed by atoms with Crippen molar-refractivity contribution < 1.29 is 4.74 Å². The van der Waals surface area contributed by atoms with Gasteiger partial charge in [-0.3, -0.25) is 4.90 Å². The van der Waals surface area contributed by atoms with Crippen LogP contribution in [-0.2, 0) is 4.74 Å². The SMILES string of the molecule is CC(C)CNC[C@@H]1CN(CCCN(C)CC(C)C)CCO1. The van der Waals surface area contributed by atoms with Crippen LogP contribution in [0.5, 0.6) is 0 Å². The predicted molar refractivity (Wildman–Crippen MR) is 90.8 cm³/mol. The fourth-order valence-electron chi connectivity index (χ4n) is 2.92. The van der Waals surface area contributed by atoms with Crippen molar-refractivity contribution in [2.75, 3.05) is 59.5 Å². The quantitative estimate of drug-likeness (QED) is 0.667. The number of morpholine rings is 1. The lowest BCUT2D eigenvalue weighted by molar-refractivity contribution is -0.0279. The summed E-state index contributed by atoms with van der Waals surface area (Å²) in [7, 11) is 2.23. The van der Waals surface area contributed by atoms with Crippen LogP contribution in [0.2, 0.25) is 0 Å². The summed E-state index contributed by atoms with van der Waals surface area (Å²) >= 11 is 0. The van der Waals surface area contributed by atoms with Crippen molar-refractivity contribution in [1.82, 2.24) is 15.1 Å². The van der Waals surface area contributed by atoms with Gasteiger partial charge in [-0.05, 0) is 44.9 Å². The number of hydrogen-bond acceptors (Lipinski definition) is 4. The lowest BCUT2D eigenvalue weighted by atomic mass is 10.2. The molecule has 0 unspecified atom stereocenters. The molecule has 0 bridgehead atoms. The summed E-state index contributed by atoms with van der Waals surface area (Å²) in [6, 6.07) is 0. The topological polar surface area (TPSA) is 27.7 Å². The highest BCUT2D eigenvalue weighted by atomic mass is 16.5. The molecule has 0 saturated carbocycles. The second kappa shape index (κ2) is 10.5. The molecule has 0 radical (unpaired) electrons. The molecule has 1 fully saturated rings. The van der Waals surface area contributed by atoms with Gasteiger partial charge >= 0.3 is 0 Å². The Bertz CT molecular complexity index is 258. The van der Waals surface area contributed by atoms with Crippen LogP contribution in [0.15, 0.2) is 0 Å². The van der Waals surface area contributed by atoms with E-state index in [-0.39, 0.29) is 0 Å². The van der Waals surface area contributed by atoms with E-state index in [2.05, 4.69) is 49.9 Å². The van der Waals surface area contributed by atoms with Gasteiger partial charge < -0.3 is 15.0 Å². The van der Waals surface area contributed by atoms with Crippen LogP contribution >= 0.6 is 0 Å². The maximum atomic E-state index is 5.86. The summed E-state index contributed by atoms with van der Waals surface area (Å²) in [6.45, 7) is 17.8. The molecule has 0 aliphatic carbocycles. The van der Waals surface area contributed by atoms with Gasteiger partial charge in [-0.25, -0.2) is 0 Å². The zero-order valence-corrected chi connectivity index (χ0v) is 14.9. The summed E-state index contributed by atoms with van der Waals surface area (Å²) in [5.41, 5.74) is 0. The summed E-state index contributed by atoms with van der Waals surface area (Å²) < 4.78 is 5.86. The molecule has 1 N–H and O–H groups in total. The molecule has 0 aromatic carbocycles. The molecule has 1 saturated heterocycles. The van der Waals surface area contributed by atoms with Crippen molar-refractivity contribution >= 4 is 0 Å². The maximum absolute atomic E-state index is 5.86. The highest BCUT2D eigenvalue weighted by Gasteiger charge is 2.19. The molecule has 21 heavy (non-hydrogen) atoms. The summed E-state index contributed by atoms with van der Waals surface area (Å²) in [5.74, 6) is 1.47. The zero-order chi connectivity index (χ0) is 15.7. The fraction of sp³-hybridized carbons (Fsp3) is 1.00. The first-order chi connectivity index (χ1) is 9.97. The predicted octanol–water partition coefficient (Wildman–Crippen LogP) is 1.91. The second-order valence-electron chi connectivity index (χ2n) is 7.36. The Kier molecular flexibility index (Phi) is 9.49. The first-order valence-electron chi connectivity index (χ1n) is 8.70. The summed E-state index contributed by atoms with van der Waals surface area (Å²) in [5, 5.41) is 3.51. The molecule has 0 aromatic heterocycles. The first kappa shape index (κ1) is 18.9. The Morgan fingerprint density at radius 3 is 2.67 bits per heavy atom. The number of nitrogens with zero attached hydrogens (tertiary/aromatic N) is 2. The Morgan fingerprint density at radius 1 is 1.24 bits per heavy atom. The Labute approximate surface area is 132 Å². The van der Waals surface area contributed by atoms with Crippen LogP contribution in [0.25, 0.3) is 0 Å². The largest absolute Gasteiger partial charge is 0.374 e. The van der Waals surface area contributed by atoms with Gasteiger partial charge in [-0.15, -0.1) is 0 Å². The Morgan fingerprint density at radius 2 is 2.00 bits per heavy atom. The third-order valence-electron chi connectivity index (χ3n) is 3.84. The van der Waals surface area contributed by atoms with Crippen LogP contribution < -0.4 is 5.32 Å². The second-order valence-corrected chi connectivity index (χ2v) is 7.36. The van der Waals surface area contributed by atoms with Gasteiger partial charge in [0.05, 0.1) is 12.7 Å². The van der Waals surface area contributed by atoms with Gasteiger partial charge in [0.2, 0.25) is 0 Å². The van der Waals surface area contributed by atoms with Crippen LogP contribution in [0.1, 0.15) is 34.1 Å². The van der Waals surface area contributed by atoms with Gasteiger partial charge in [0, 0.05) is 26.2 Å².